The van der Waals surface area contributed by atoms with Gasteiger partial charge in [0.1, 0.15) is 0 Å². The molecule has 0 aromatic heterocycles. The lowest BCUT2D eigenvalue weighted by atomic mass is 9.98. The van der Waals surface area contributed by atoms with Gasteiger partial charge in [-0.3, -0.25) is 0 Å². The zero-order valence-corrected chi connectivity index (χ0v) is 10.8. The first-order valence-electron chi connectivity index (χ1n) is 5.05. The molecular formula is C13H16BrN. The normalized spacial score (nSPS) is 12.1. The van der Waals surface area contributed by atoms with Crippen molar-refractivity contribution in [2.24, 2.45) is 0 Å². The van der Waals surface area contributed by atoms with Gasteiger partial charge in [0.25, 0.3) is 0 Å². The third-order valence-electron chi connectivity index (χ3n) is 2.54. The van der Waals surface area contributed by atoms with Gasteiger partial charge >= 0.3 is 0 Å². The molecule has 0 radical (unpaired) electrons. The minimum Gasteiger partial charge on any atom is -0.313 e. The second kappa shape index (κ2) is 5.95. The third-order valence-corrected chi connectivity index (χ3v) is 3.04. The maximum absolute atomic E-state index is 5.29. The summed E-state index contributed by atoms with van der Waals surface area (Å²) in [6.45, 7) is 2.13. The Morgan fingerprint density at radius 3 is 2.87 bits per heavy atom. The minimum atomic E-state index is 0.346. The van der Waals surface area contributed by atoms with Crippen LogP contribution in [-0.4, -0.2) is 7.05 Å². The van der Waals surface area contributed by atoms with E-state index in [1.807, 2.05) is 7.05 Å². The van der Waals surface area contributed by atoms with E-state index in [1.165, 1.54) is 11.1 Å². The Morgan fingerprint density at radius 2 is 2.27 bits per heavy atom. The van der Waals surface area contributed by atoms with Gasteiger partial charge in [0, 0.05) is 16.9 Å². The van der Waals surface area contributed by atoms with Crippen molar-refractivity contribution < 1.29 is 0 Å². The van der Waals surface area contributed by atoms with Crippen LogP contribution < -0.4 is 5.32 Å². The number of rotatable bonds is 4. The SMILES string of the molecule is C#CCCC(NC)c1cc(Br)ccc1C. The molecule has 1 atom stereocenters. The van der Waals surface area contributed by atoms with Crippen LogP contribution in [0.25, 0.3) is 0 Å². The predicted octanol–water partition coefficient (Wildman–Crippen LogP) is 3.43. The van der Waals surface area contributed by atoms with Gasteiger partial charge < -0.3 is 5.32 Å². The first-order valence-corrected chi connectivity index (χ1v) is 5.85. The van der Waals surface area contributed by atoms with E-state index in [-0.39, 0.29) is 0 Å². The predicted molar refractivity (Wildman–Crippen MR) is 68.7 cm³/mol. The number of benzene rings is 1. The molecule has 0 spiro atoms. The smallest absolute Gasteiger partial charge is 0.0329 e. The van der Waals surface area contributed by atoms with Crippen molar-refractivity contribution in [3.05, 3.63) is 33.8 Å². The molecule has 0 aliphatic heterocycles. The van der Waals surface area contributed by atoms with Crippen LogP contribution in [0.3, 0.4) is 0 Å². The van der Waals surface area contributed by atoms with Gasteiger partial charge in [-0.1, -0.05) is 22.0 Å². The molecule has 0 saturated heterocycles. The highest BCUT2D eigenvalue weighted by Crippen LogP contribution is 2.24. The van der Waals surface area contributed by atoms with Crippen molar-refractivity contribution in [2.75, 3.05) is 7.05 Å². The van der Waals surface area contributed by atoms with E-state index in [0.717, 1.165) is 17.3 Å². The van der Waals surface area contributed by atoms with Crippen LogP contribution in [0, 0.1) is 19.3 Å². The average Bonchev–Trinajstić information content (AvgIpc) is 2.24. The van der Waals surface area contributed by atoms with Crippen molar-refractivity contribution in [1.82, 2.24) is 5.32 Å². The fourth-order valence-electron chi connectivity index (χ4n) is 1.67. The summed E-state index contributed by atoms with van der Waals surface area (Å²) in [4.78, 5) is 0. The molecule has 1 unspecified atom stereocenters. The van der Waals surface area contributed by atoms with Gasteiger partial charge in [-0.05, 0) is 43.7 Å². The Labute approximate surface area is 100 Å². The summed E-state index contributed by atoms with van der Waals surface area (Å²) in [5.41, 5.74) is 2.62. The van der Waals surface area contributed by atoms with Gasteiger partial charge in [-0.25, -0.2) is 0 Å². The summed E-state index contributed by atoms with van der Waals surface area (Å²) < 4.78 is 1.11. The zero-order chi connectivity index (χ0) is 11.3. The Morgan fingerprint density at radius 1 is 1.53 bits per heavy atom. The summed E-state index contributed by atoms with van der Waals surface area (Å²) in [6.07, 6.45) is 7.07. The lowest BCUT2D eigenvalue weighted by Gasteiger charge is -2.18. The van der Waals surface area contributed by atoms with Crippen LogP contribution in [0.5, 0.6) is 0 Å². The summed E-state index contributed by atoms with van der Waals surface area (Å²) in [5.74, 6) is 2.68. The molecule has 0 fully saturated rings. The van der Waals surface area contributed by atoms with E-state index in [9.17, 15) is 0 Å². The summed E-state index contributed by atoms with van der Waals surface area (Å²) in [7, 11) is 1.97. The molecule has 1 N–H and O–H groups in total. The standard InChI is InChI=1S/C13H16BrN/c1-4-5-6-13(15-3)12-9-11(14)8-7-10(12)2/h1,7-9,13,15H,5-6H2,2-3H3. The molecule has 0 heterocycles. The van der Waals surface area contributed by atoms with E-state index in [0.29, 0.717) is 6.04 Å². The Hall–Kier alpha value is -0.780. The van der Waals surface area contributed by atoms with Crippen LogP contribution in [0.1, 0.15) is 30.0 Å². The number of hydrogen-bond donors (Lipinski definition) is 1. The molecule has 0 bridgehead atoms. The van der Waals surface area contributed by atoms with Gasteiger partial charge in [-0.15, -0.1) is 12.3 Å². The summed E-state index contributed by atoms with van der Waals surface area (Å²) in [6, 6.07) is 6.69. The monoisotopic (exact) mass is 265 g/mol. The highest BCUT2D eigenvalue weighted by molar-refractivity contribution is 9.10. The van der Waals surface area contributed by atoms with Crippen LogP contribution in [0.2, 0.25) is 0 Å². The van der Waals surface area contributed by atoms with E-state index in [4.69, 9.17) is 6.42 Å². The van der Waals surface area contributed by atoms with Crippen molar-refractivity contribution >= 4 is 15.9 Å². The number of hydrogen-bond acceptors (Lipinski definition) is 1. The molecule has 1 aromatic rings. The lowest BCUT2D eigenvalue weighted by molar-refractivity contribution is 0.555. The van der Waals surface area contributed by atoms with Gasteiger partial charge in [0.2, 0.25) is 0 Å². The van der Waals surface area contributed by atoms with Crippen molar-refractivity contribution in [2.45, 2.75) is 25.8 Å². The fraction of sp³-hybridized carbons (Fsp3) is 0.385. The average molecular weight is 266 g/mol. The Bertz CT molecular complexity index is 365. The van der Waals surface area contributed by atoms with Crippen LogP contribution in [0.15, 0.2) is 22.7 Å². The zero-order valence-electron chi connectivity index (χ0n) is 9.18. The quantitative estimate of drug-likeness (QED) is 0.823. The maximum Gasteiger partial charge on any atom is 0.0329 e. The molecule has 0 aliphatic rings. The highest BCUT2D eigenvalue weighted by atomic mass is 79.9. The highest BCUT2D eigenvalue weighted by Gasteiger charge is 2.11. The van der Waals surface area contributed by atoms with Crippen LogP contribution >= 0.6 is 15.9 Å². The molecule has 2 heteroatoms. The van der Waals surface area contributed by atoms with Crippen molar-refractivity contribution in [1.29, 1.82) is 0 Å². The second-order valence-electron chi connectivity index (χ2n) is 3.58. The number of nitrogens with one attached hydrogen (secondary N) is 1. The first kappa shape index (κ1) is 12.3. The van der Waals surface area contributed by atoms with E-state index < -0.39 is 0 Å². The molecule has 1 nitrogen and oxygen atoms in total. The minimum absolute atomic E-state index is 0.346. The topological polar surface area (TPSA) is 12.0 Å². The van der Waals surface area contributed by atoms with Crippen LogP contribution in [0.4, 0.5) is 0 Å². The van der Waals surface area contributed by atoms with E-state index in [1.54, 1.807) is 0 Å². The Balaban J connectivity index is 2.91. The second-order valence-corrected chi connectivity index (χ2v) is 4.50. The number of terminal acetylenes is 1. The third kappa shape index (κ3) is 3.37. The molecule has 0 saturated carbocycles. The van der Waals surface area contributed by atoms with Crippen molar-refractivity contribution in [3.63, 3.8) is 0 Å². The van der Waals surface area contributed by atoms with E-state index >= 15 is 0 Å². The molecular weight excluding hydrogens is 250 g/mol. The fourth-order valence-corrected chi connectivity index (χ4v) is 2.05. The summed E-state index contributed by atoms with van der Waals surface area (Å²) in [5, 5.41) is 3.30. The maximum atomic E-state index is 5.29. The van der Waals surface area contributed by atoms with Gasteiger partial charge in [-0.2, -0.15) is 0 Å². The molecule has 15 heavy (non-hydrogen) atoms. The molecule has 1 rings (SSSR count). The van der Waals surface area contributed by atoms with E-state index in [2.05, 4.69) is 52.3 Å². The lowest BCUT2D eigenvalue weighted by Crippen LogP contribution is -2.17. The summed E-state index contributed by atoms with van der Waals surface area (Å²) >= 11 is 3.49. The van der Waals surface area contributed by atoms with Gasteiger partial charge in [0.05, 0.1) is 0 Å². The number of halogens is 1. The first-order chi connectivity index (χ1) is 7.19. The molecule has 80 valence electrons. The molecule has 0 aliphatic carbocycles. The van der Waals surface area contributed by atoms with Crippen molar-refractivity contribution in [3.8, 4) is 12.3 Å². The number of aryl methyl sites for hydroxylation is 1. The van der Waals surface area contributed by atoms with Crippen LogP contribution in [-0.2, 0) is 0 Å². The molecule has 1 aromatic carbocycles. The van der Waals surface area contributed by atoms with Gasteiger partial charge in [0.15, 0.2) is 0 Å². The largest absolute Gasteiger partial charge is 0.313 e. The Kier molecular flexibility index (Phi) is 4.87. The molecule has 0 amide bonds.